The summed E-state index contributed by atoms with van der Waals surface area (Å²) in [5, 5.41) is 10.7. The topological polar surface area (TPSA) is 86.7 Å². The number of aliphatic hydroxyl groups excluding tert-OH is 1. The number of rotatable bonds is 7. The maximum Gasteiger partial charge on any atom is 0.263 e. The summed E-state index contributed by atoms with van der Waals surface area (Å²) in [6, 6.07) is 21.1. The van der Waals surface area contributed by atoms with E-state index >= 15 is 0 Å². The van der Waals surface area contributed by atoms with Crippen LogP contribution in [0, 0.1) is 0 Å². The molecule has 0 saturated carbocycles. The zero-order valence-electron chi connectivity index (χ0n) is 18.9. The minimum atomic E-state index is -3.83. The second kappa shape index (κ2) is 11.2. The number of benzene rings is 3. The van der Waals surface area contributed by atoms with Crippen molar-refractivity contribution in [1.82, 2.24) is 4.90 Å². The summed E-state index contributed by atoms with van der Waals surface area (Å²) < 4.78 is 29.3. The number of piperidine rings is 1. The lowest BCUT2D eigenvalue weighted by atomic mass is 9.92. The maximum absolute atomic E-state index is 13.3. The summed E-state index contributed by atoms with van der Waals surface area (Å²) in [4.78, 5) is 15.2. The highest BCUT2D eigenvalue weighted by atomic mass is 79.9. The van der Waals surface area contributed by atoms with Crippen LogP contribution in [0.2, 0.25) is 0 Å². The molecule has 2 N–H and O–H groups in total. The smallest absolute Gasteiger partial charge is 0.263 e. The van der Waals surface area contributed by atoms with Gasteiger partial charge in [-0.3, -0.25) is 9.52 Å². The Bertz CT molecular complexity index is 1280. The summed E-state index contributed by atoms with van der Waals surface area (Å²) in [5.41, 5.74) is 1.98. The zero-order chi connectivity index (χ0) is 25.0. The largest absolute Gasteiger partial charge is 0.391 e. The highest BCUT2D eigenvalue weighted by Crippen LogP contribution is 2.28. The number of hydrogen-bond donors (Lipinski definition) is 2. The van der Waals surface area contributed by atoms with Gasteiger partial charge >= 0.3 is 0 Å². The van der Waals surface area contributed by atoms with Gasteiger partial charge in [0.05, 0.1) is 12.1 Å². The van der Waals surface area contributed by atoms with Crippen LogP contribution in [0.25, 0.3) is 0 Å². The molecule has 2 atom stereocenters. The lowest BCUT2D eigenvalue weighted by Gasteiger charge is -2.39. The molecule has 0 aromatic heterocycles. The third kappa shape index (κ3) is 6.33. The van der Waals surface area contributed by atoms with Crippen LogP contribution in [0.1, 0.15) is 35.2 Å². The van der Waals surface area contributed by atoms with Gasteiger partial charge in [0.25, 0.3) is 15.9 Å². The average Bonchev–Trinajstić information content (AvgIpc) is 2.85. The van der Waals surface area contributed by atoms with Crippen molar-refractivity contribution in [2.45, 2.75) is 42.7 Å². The number of likely N-dealkylation sites (tertiary alicyclic amines) is 1. The molecule has 3 aromatic rings. The van der Waals surface area contributed by atoms with Gasteiger partial charge < -0.3 is 10.0 Å². The summed E-state index contributed by atoms with van der Waals surface area (Å²) in [6.45, 7) is 0.584. The van der Waals surface area contributed by atoms with E-state index in [0.717, 1.165) is 12.8 Å². The molecule has 1 heterocycles. The van der Waals surface area contributed by atoms with E-state index in [4.69, 9.17) is 0 Å². The molecule has 6 nitrogen and oxygen atoms in total. The number of amides is 1. The molecular weight excluding hydrogens is 596 g/mol. The highest BCUT2D eigenvalue weighted by molar-refractivity contribution is 9.11. The van der Waals surface area contributed by atoms with Gasteiger partial charge in [-0.1, -0.05) is 46.3 Å². The van der Waals surface area contributed by atoms with Gasteiger partial charge in [-0.05, 0) is 89.6 Å². The first-order valence-corrected chi connectivity index (χ1v) is 14.4. The monoisotopic (exact) mass is 620 g/mol. The first-order chi connectivity index (χ1) is 16.7. The predicted octanol–water partition coefficient (Wildman–Crippen LogP) is 5.61. The maximum atomic E-state index is 13.3. The Morgan fingerprint density at radius 3 is 2.46 bits per heavy atom. The molecule has 4 rings (SSSR count). The van der Waals surface area contributed by atoms with E-state index in [2.05, 4.69) is 36.6 Å². The van der Waals surface area contributed by atoms with E-state index in [9.17, 15) is 18.3 Å². The van der Waals surface area contributed by atoms with Crippen LogP contribution in [-0.4, -0.2) is 43.0 Å². The highest BCUT2D eigenvalue weighted by Gasteiger charge is 2.33. The van der Waals surface area contributed by atoms with Crippen LogP contribution < -0.4 is 4.72 Å². The Kier molecular flexibility index (Phi) is 8.31. The number of carbonyl (C=O) groups is 1. The molecule has 184 valence electrons. The van der Waals surface area contributed by atoms with Crippen molar-refractivity contribution in [1.29, 1.82) is 0 Å². The summed E-state index contributed by atoms with van der Waals surface area (Å²) in [5.74, 6) is -0.161. The lowest BCUT2D eigenvalue weighted by Crippen LogP contribution is -2.51. The molecule has 1 aliphatic heterocycles. The Morgan fingerprint density at radius 1 is 1.03 bits per heavy atom. The van der Waals surface area contributed by atoms with Crippen molar-refractivity contribution < 1.29 is 18.3 Å². The van der Waals surface area contributed by atoms with E-state index < -0.39 is 16.1 Å². The normalized spacial score (nSPS) is 18.3. The minimum Gasteiger partial charge on any atom is -0.391 e. The third-order valence-corrected chi connectivity index (χ3v) is 9.01. The van der Waals surface area contributed by atoms with Gasteiger partial charge in [0.15, 0.2) is 0 Å². The molecule has 1 amide bonds. The van der Waals surface area contributed by atoms with Crippen molar-refractivity contribution in [3.05, 3.63) is 92.9 Å². The van der Waals surface area contributed by atoms with Gasteiger partial charge in [-0.15, -0.1) is 0 Å². The van der Waals surface area contributed by atoms with Crippen LogP contribution in [0.4, 0.5) is 5.69 Å². The molecule has 35 heavy (non-hydrogen) atoms. The van der Waals surface area contributed by atoms with Gasteiger partial charge in [0, 0.05) is 26.7 Å². The SMILES string of the molecule is O=C(c1ccc(NS(=O)(=O)c2cc(Br)ccc2Br)cc1)N1CCCC(O)C1CCc1ccccc1. The Labute approximate surface area is 222 Å². The molecule has 0 radical (unpaired) electrons. The minimum absolute atomic E-state index is 0.107. The summed E-state index contributed by atoms with van der Waals surface area (Å²) >= 11 is 6.58. The van der Waals surface area contributed by atoms with Crippen LogP contribution in [-0.2, 0) is 16.4 Å². The van der Waals surface area contributed by atoms with Gasteiger partial charge in [0.1, 0.15) is 4.90 Å². The van der Waals surface area contributed by atoms with Crippen molar-refractivity contribution in [3.63, 3.8) is 0 Å². The number of aliphatic hydroxyl groups is 1. The van der Waals surface area contributed by atoms with Crippen LogP contribution >= 0.6 is 31.9 Å². The van der Waals surface area contributed by atoms with Gasteiger partial charge in [-0.2, -0.15) is 0 Å². The zero-order valence-corrected chi connectivity index (χ0v) is 22.9. The van der Waals surface area contributed by atoms with E-state index in [1.165, 1.54) is 11.6 Å². The molecule has 0 spiro atoms. The van der Waals surface area contributed by atoms with Crippen LogP contribution in [0.15, 0.2) is 86.6 Å². The van der Waals surface area contributed by atoms with Crippen molar-refractivity contribution in [3.8, 4) is 0 Å². The first kappa shape index (κ1) is 25.9. The number of nitrogens with one attached hydrogen (secondary N) is 1. The number of carbonyl (C=O) groups excluding carboxylic acids is 1. The van der Waals surface area contributed by atoms with E-state index in [0.29, 0.717) is 39.6 Å². The number of sulfonamides is 1. The number of aryl methyl sites for hydroxylation is 1. The first-order valence-electron chi connectivity index (χ1n) is 11.4. The van der Waals surface area contributed by atoms with Gasteiger partial charge in [-0.25, -0.2) is 8.42 Å². The van der Waals surface area contributed by atoms with E-state index in [-0.39, 0.29) is 16.8 Å². The van der Waals surface area contributed by atoms with E-state index in [1.807, 2.05) is 30.3 Å². The third-order valence-electron chi connectivity index (χ3n) is 6.14. The fraction of sp³-hybridized carbons (Fsp3) is 0.269. The molecule has 1 aliphatic rings. The number of anilines is 1. The van der Waals surface area contributed by atoms with Crippen molar-refractivity contribution >= 4 is 53.5 Å². The quantitative estimate of drug-likeness (QED) is 0.359. The molecule has 2 unspecified atom stereocenters. The van der Waals surface area contributed by atoms with Crippen molar-refractivity contribution in [2.24, 2.45) is 0 Å². The fourth-order valence-electron chi connectivity index (χ4n) is 4.34. The number of nitrogens with zero attached hydrogens (tertiary/aromatic N) is 1. The summed E-state index contributed by atoms with van der Waals surface area (Å²) in [6.07, 6.45) is 2.31. The average molecular weight is 622 g/mol. The second-order valence-electron chi connectivity index (χ2n) is 8.56. The van der Waals surface area contributed by atoms with Gasteiger partial charge in [0.2, 0.25) is 0 Å². The van der Waals surface area contributed by atoms with Crippen molar-refractivity contribution in [2.75, 3.05) is 11.3 Å². The molecule has 0 aliphatic carbocycles. The predicted molar refractivity (Wildman–Crippen MR) is 144 cm³/mol. The molecule has 9 heteroatoms. The summed E-state index contributed by atoms with van der Waals surface area (Å²) in [7, 11) is -3.83. The second-order valence-corrected chi connectivity index (χ2v) is 12.0. The molecule has 0 bridgehead atoms. The molecule has 3 aromatic carbocycles. The van der Waals surface area contributed by atoms with E-state index in [1.54, 1.807) is 41.3 Å². The Hall–Kier alpha value is -2.20. The molecular formula is C26H26Br2N2O4S. The van der Waals surface area contributed by atoms with Crippen LogP contribution in [0.5, 0.6) is 0 Å². The number of hydrogen-bond acceptors (Lipinski definition) is 4. The Balaban J connectivity index is 1.47. The molecule has 1 saturated heterocycles. The lowest BCUT2D eigenvalue weighted by molar-refractivity contribution is 0.00891. The Morgan fingerprint density at radius 2 is 1.74 bits per heavy atom. The molecule has 1 fully saturated rings. The fourth-order valence-corrected chi connectivity index (χ4v) is 6.90. The van der Waals surface area contributed by atoms with Crippen LogP contribution in [0.3, 0.4) is 0 Å². The number of halogens is 2. The standard InChI is InChI=1S/C26H26Br2N2O4S/c27-20-11-14-22(28)25(17-20)35(33,34)29-21-12-9-19(10-13-21)26(32)30-16-4-7-24(31)23(30)15-8-18-5-2-1-3-6-18/h1-3,5-6,9-14,17,23-24,29,31H,4,7-8,15-16H2.